The molecule has 1 aliphatic rings. The van der Waals surface area contributed by atoms with Gasteiger partial charge in [0.05, 0.1) is 10.2 Å². The van der Waals surface area contributed by atoms with Crippen molar-refractivity contribution in [2.75, 3.05) is 18.9 Å². The first-order chi connectivity index (χ1) is 8.39. The molecule has 0 aliphatic carbocycles. The minimum Gasteiger partial charge on any atom is -0.383 e. The summed E-state index contributed by atoms with van der Waals surface area (Å²) in [7, 11) is 0. The van der Waals surface area contributed by atoms with E-state index in [1.807, 2.05) is 0 Å². The summed E-state index contributed by atoms with van der Waals surface area (Å²) in [6.07, 6.45) is 1.95. The van der Waals surface area contributed by atoms with Gasteiger partial charge in [0.15, 0.2) is 0 Å². The van der Waals surface area contributed by atoms with Crippen molar-refractivity contribution in [3.63, 3.8) is 0 Å². The zero-order valence-corrected chi connectivity index (χ0v) is 12.7. The van der Waals surface area contributed by atoms with Gasteiger partial charge in [0.2, 0.25) is 0 Å². The zero-order valence-electron chi connectivity index (χ0n) is 11.2. The summed E-state index contributed by atoms with van der Waals surface area (Å²) in [6.45, 7) is 7.97. The van der Waals surface area contributed by atoms with Gasteiger partial charge in [0, 0.05) is 24.5 Å². The molecule has 18 heavy (non-hydrogen) atoms. The third-order valence-electron chi connectivity index (χ3n) is 3.19. The fourth-order valence-corrected chi connectivity index (χ4v) is 2.89. The molecule has 1 aromatic heterocycles. The Hall–Kier alpha value is -0.680. The molecule has 2 N–H and O–H groups in total. The van der Waals surface area contributed by atoms with E-state index in [-0.39, 0.29) is 5.41 Å². The van der Waals surface area contributed by atoms with Gasteiger partial charge in [-0.2, -0.15) is 0 Å². The van der Waals surface area contributed by atoms with Crippen LogP contribution in [0, 0.1) is 0 Å². The van der Waals surface area contributed by atoms with E-state index in [9.17, 15) is 0 Å². The molecule has 0 unspecified atom stereocenters. The van der Waals surface area contributed by atoms with E-state index in [0.717, 1.165) is 42.0 Å². The molecule has 0 amide bonds. The van der Waals surface area contributed by atoms with Crippen LogP contribution >= 0.6 is 15.9 Å². The Morgan fingerprint density at radius 2 is 1.83 bits per heavy atom. The number of nitrogens with zero attached hydrogens (tertiary/aromatic N) is 2. The van der Waals surface area contributed by atoms with E-state index in [0.29, 0.717) is 11.7 Å². The van der Waals surface area contributed by atoms with Crippen LogP contribution in [0.3, 0.4) is 0 Å². The predicted octanol–water partition coefficient (Wildman–Crippen LogP) is 3.01. The van der Waals surface area contributed by atoms with Crippen molar-refractivity contribution < 1.29 is 4.74 Å². The maximum Gasteiger partial charge on any atom is 0.141 e. The molecular formula is C13H20BrN3O. The summed E-state index contributed by atoms with van der Waals surface area (Å²) in [6, 6.07) is 0. The first-order valence-corrected chi connectivity index (χ1v) is 7.10. The highest BCUT2D eigenvalue weighted by Crippen LogP contribution is 2.34. The molecule has 100 valence electrons. The van der Waals surface area contributed by atoms with Gasteiger partial charge in [0.1, 0.15) is 11.6 Å². The Labute approximate surface area is 116 Å². The first-order valence-electron chi connectivity index (χ1n) is 6.30. The third-order valence-corrected chi connectivity index (χ3v) is 3.97. The van der Waals surface area contributed by atoms with Crippen molar-refractivity contribution in [1.82, 2.24) is 9.97 Å². The third kappa shape index (κ3) is 2.83. The van der Waals surface area contributed by atoms with Crippen molar-refractivity contribution in [2.45, 2.75) is 44.9 Å². The number of rotatable bonds is 1. The maximum atomic E-state index is 6.00. The Bertz CT molecular complexity index is 437. The van der Waals surface area contributed by atoms with Gasteiger partial charge < -0.3 is 10.5 Å². The van der Waals surface area contributed by atoms with E-state index in [2.05, 4.69) is 41.7 Å². The lowest BCUT2D eigenvalue weighted by atomic mass is 9.91. The second-order valence-electron chi connectivity index (χ2n) is 5.77. The normalized spacial score (nSPS) is 18.0. The molecule has 1 aromatic rings. The number of ether oxygens (including phenoxy) is 1. The van der Waals surface area contributed by atoms with Gasteiger partial charge in [-0.15, -0.1) is 0 Å². The van der Waals surface area contributed by atoms with E-state index in [1.165, 1.54) is 0 Å². The van der Waals surface area contributed by atoms with Gasteiger partial charge in [-0.25, -0.2) is 9.97 Å². The van der Waals surface area contributed by atoms with Gasteiger partial charge >= 0.3 is 0 Å². The largest absolute Gasteiger partial charge is 0.383 e. The van der Waals surface area contributed by atoms with Crippen molar-refractivity contribution in [1.29, 1.82) is 0 Å². The molecule has 0 spiro atoms. The first kappa shape index (κ1) is 13.7. The molecule has 1 aliphatic heterocycles. The fourth-order valence-electron chi connectivity index (χ4n) is 2.12. The molecule has 5 heteroatoms. The predicted molar refractivity (Wildman–Crippen MR) is 75.6 cm³/mol. The summed E-state index contributed by atoms with van der Waals surface area (Å²) >= 11 is 3.50. The van der Waals surface area contributed by atoms with Crippen LogP contribution in [0.4, 0.5) is 5.82 Å². The number of hydrogen-bond acceptors (Lipinski definition) is 4. The average molecular weight is 314 g/mol. The molecule has 0 radical (unpaired) electrons. The van der Waals surface area contributed by atoms with E-state index in [4.69, 9.17) is 15.5 Å². The Morgan fingerprint density at radius 3 is 2.39 bits per heavy atom. The number of nitrogen functional groups attached to an aromatic ring is 1. The van der Waals surface area contributed by atoms with Crippen LogP contribution in [0.2, 0.25) is 0 Å². The van der Waals surface area contributed by atoms with E-state index >= 15 is 0 Å². The SMILES string of the molecule is CC(C)(C)c1nc(C2CCOCC2)nc(N)c1Br. The highest BCUT2D eigenvalue weighted by atomic mass is 79.9. The van der Waals surface area contributed by atoms with Crippen molar-refractivity contribution in [3.8, 4) is 0 Å². The molecule has 1 saturated heterocycles. The summed E-state index contributed by atoms with van der Waals surface area (Å²) in [5.74, 6) is 1.77. The molecule has 0 atom stereocenters. The lowest BCUT2D eigenvalue weighted by Gasteiger charge is -2.25. The summed E-state index contributed by atoms with van der Waals surface area (Å²) in [5, 5.41) is 0. The van der Waals surface area contributed by atoms with Crippen LogP contribution in [-0.4, -0.2) is 23.2 Å². The number of halogens is 1. The molecule has 4 nitrogen and oxygen atoms in total. The lowest BCUT2D eigenvalue weighted by Crippen LogP contribution is -2.22. The summed E-state index contributed by atoms with van der Waals surface area (Å²) < 4.78 is 6.20. The highest BCUT2D eigenvalue weighted by molar-refractivity contribution is 9.10. The number of hydrogen-bond donors (Lipinski definition) is 1. The van der Waals surface area contributed by atoms with Gasteiger partial charge in [-0.3, -0.25) is 0 Å². The quantitative estimate of drug-likeness (QED) is 0.865. The Morgan fingerprint density at radius 1 is 1.22 bits per heavy atom. The highest BCUT2D eigenvalue weighted by Gasteiger charge is 2.26. The fraction of sp³-hybridized carbons (Fsp3) is 0.692. The van der Waals surface area contributed by atoms with Crippen LogP contribution < -0.4 is 5.73 Å². The topological polar surface area (TPSA) is 61.0 Å². The van der Waals surface area contributed by atoms with Gasteiger partial charge in [-0.1, -0.05) is 20.8 Å². The number of aromatic nitrogens is 2. The van der Waals surface area contributed by atoms with Crippen molar-refractivity contribution in [3.05, 3.63) is 16.0 Å². The van der Waals surface area contributed by atoms with Crippen molar-refractivity contribution >= 4 is 21.7 Å². The summed E-state index contributed by atoms with van der Waals surface area (Å²) in [4.78, 5) is 9.17. The molecule has 2 heterocycles. The van der Waals surface area contributed by atoms with Crippen LogP contribution in [0.25, 0.3) is 0 Å². The van der Waals surface area contributed by atoms with E-state index in [1.54, 1.807) is 0 Å². The number of nitrogens with two attached hydrogens (primary N) is 1. The molecular weight excluding hydrogens is 294 g/mol. The van der Waals surface area contributed by atoms with Crippen LogP contribution in [0.5, 0.6) is 0 Å². The minimum atomic E-state index is -0.0458. The number of anilines is 1. The van der Waals surface area contributed by atoms with Gasteiger partial charge in [-0.05, 0) is 28.8 Å². The van der Waals surface area contributed by atoms with Crippen LogP contribution in [0.15, 0.2) is 4.47 Å². The second-order valence-corrected chi connectivity index (χ2v) is 6.56. The van der Waals surface area contributed by atoms with Gasteiger partial charge in [0.25, 0.3) is 0 Å². The van der Waals surface area contributed by atoms with Crippen LogP contribution in [0.1, 0.15) is 51.0 Å². The molecule has 0 saturated carbocycles. The van der Waals surface area contributed by atoms with E-state index < -0.39 is 0 Å². The second kappa shape index (κ2) is 5.13. The standard InChI is InChI=1S/C13H20BrN3O/c1-13(2,3)10-9(14)11(15)17-12(16-10)8-4-6-18-7-5-8/h8H,4-7H2,1-3H3,(H2,15,16,17). The zero-order chi connectivity index (χ0) is 13.3. The Balaban J connectivity index is 2.40. The smallest absolute Gasteiger partial charge is 0.141 e. The summed E-state index contributed by atoms with van der Waals surface area (Å²) in [5.41, 5.74) is 6.93. The lowest BCUT2D eigenvalue weighted by molar-refractivity contribution is 0.0835. The molecule has 2 rings (SSSR count). The Kier molecular flexibility index (Phi) is 3.92. The molecule has 0 bridgehead atoms. The average Bonchev–Trinajstić information content (AvgIpc) is 2.32. The molecule has 0 aromatic carbocycles. The maximum absolute atomic E-state index is 6.00. The minimum absolute atomic E-state index is 0.0458. The van der Waals surface area contributed by atoms with Crippen LogP contribution in [-0.2, 0) is 10.2 Å². The molecule has 1 fully saturated rings. The van der Waals surface area contributed by atoms with Crippen molar-refractivity contribution in [2.24, 2.45) is 0 Å². The monoisotopic (exact) mass is 313 g/mol.